The average Bonchev–Trinajstić information content (AvgIpc) is 2.60. The molecule has 4 nitrogen and oxygen atoms in total. The molecule has 0 radical (unpaired) electrons. The predicted molar refractivity (Wildman–Crippen MR) is 98.7 cm³/mol. The first-order valence-corrected chi connectivity index (χ1v) is 8.33. The van der Waals surface area contributed by atoms with Crippen molar-refractivity contribution < 1.29 is 14.2 Å². The van der Waals surface area contributed by atoms with Gasteiger partial charge in [0.15, 0.2) is 11.5 Å². The zero-order valence-electron chi connectivity index (χ0n) is 14.2. The highest BCUT2D eigenvalue weighted by Crippen LogP contribution is 2.36. The minimum absolute atomic E-state index is 0.510. The van der Waals surface area contributed by atoms with Gasteiger partial charge in [0.1, 0.15) is 5.75 Å². The molecular formula is C19H22ClNO3. The standard InChI is InChI=1S/C19H22ClNO3/c1-4-10-24-19-17(20)11-14(12-18(19)22-3)13-21-15-6-8-16(9-7-15)23-5-2/h6-9,11-13H,4-5,10H2,1-3H3. The highest BCUT2D eigenvalue weighted by molar-refractivity contribution is 6.32. The van der Waals surface area contributed by atoms with Gasteiger partial charge in [-0.2, -0.15) is 0 Å². The maximum absolute atomic E-state index is 6.30. The molecule has 0 N–H and O–H groups in total. The summed E-state index contributed by atoms with van der Waals surface area (Å²) in [5.41, 5.74) is 1.68. The van der Waals surface area contributed by atoms with Crippen LogP contribution in [0.4, 0.5) is 5.69 Å². The molecule has 128 valence electrons. The Morgan fingerprint density at radius 1 is 1.08 bits per heavy atom. The van der Waals surface area contributed by atoms with E-state index >= 15 is 0 Å². The molecule has 0 atom stereocenters. The molecule has 0 saturated heterocycles. The maximum Gasteiger partial charge on any atom is 0.179 e. The number of halogens is 1. The second-order valence-corrected chi connectivity index (χ2v) is 5.47. The monoisotopic (exact) mass is 347 g/mol. The molecule has 0 aliphatic heterocycles. The van der Waals surface area contributed by atoms with Crippen LogP contribution in [-0.2, 0) is 0 Å². The fourth-order valence-electron chi connectivity index (χ4n) is 2.10. The van der Waals surface area contributed by atoms with Crippen molar-refractivity contribution >= 4 is 23.5 Å². The Morgan fingerprint density at radius 3 is 2.46 bits per heavy atom. The Labute approximate surface area is 148 Å². The number of nitrogens with zero attached hydrogens (tertiary/aromatic N) is 1. The molecule has 0 heterocycles. The molecular weight excluding hydrogens is 326 g/mol. The molecule has 0 aliphatic rings. The van der Waals surface area contributed by atoms with Crippen LogP contribution in [0.15, 0.2) is 41.4 Å². The lowest BCUT2D eigenvalue weighted by Crippen LogP contribution is -1.99. The summed E-state index contributed by atoms with van der Waals surface area (Å²) >= 11 is 6.30. The van der Waals surface area contributed by atoms with Crippen LogP contribution in [0.3, 0.4) is 0 Å². The Kier molecular flexibility index (Phi) is 6.94. The molecule has 0 aromatic heterocycles. The second kappa shape index (κ2) is 9.18. The van der Waals surface area contributed by atoms with E-state index in [-0.39, 0.29) is 0 Å². The van der Waals surface area contributed by atoms with Crippen molar-refractivity contribution in [2.24, 2.45) is 4.99 Å². The average molecular weight is 348 g/mol. The highest BCUT2D eigenvalue weighted by atomic mass is 35.5. The Morgan fingerprint density at radius 2 is 1.83 bits per heavy atom. The van der Waals surface area contributed by atoms with Gasteiger partial charge in [0.25, 0.3) is 0 Å². The van der Waals surface area contributed by atoms with Gasteiger partial charge in [-0.05, 0) is 55.3 Å². The van der Waals surface area contributed by atoms with E-state index < -0.39 is 0 Å². The lowest BCUT2D eigenvalue weighted by Gasteiger charge is -2.12. The van der Waals surface area contributed by atoms with Crippen LogP contribution < -0.4 is 14.2 Å². The van der Waals surface area contributed by atoms with Crippen molar-refractivity contribution in [1.82, 2.24) is 0 Å². The van der Waals surface area contributed by atoms with Gasteiger partial charge in [0.05, 0.1) is 31.0 Å². The number of hydrogen-bond donors (Lipinski definition) is 0. The zero-order chi connectivity index (χ0) is 17.4. The molecule has 24 heavy (non-hydrogen) atoms. The lowest BCUT2D eigenvalue weighted by atomic mass is 10.2. The van der Waals surface area contributed by atoms with Gasteiger partial charge in [0.2, 0.25) is 0 Å². The minimum atomic E-state index is 0.510. The predicted octanol–water partition coefficient (Wildman–Crippen LogP) is 5.29. The molecule has 2 rings (SSSR count). The van der Waals surface area contributed by atoms with Crippen LogP contribution in [0.1, 0.15) is 25.8 Å². The van der Waals surface area contributed by atoms with E-state index in [2.05, 4.69) is 4.99 Å². The Balaban J connectivity index is 2.18. The number of hydrogen-bond acceptors (Lipinski definition) is 4. The number of rotatable bonds is 8. The van der Waals surface area contributed by atoms with E-state index in [1.807, 2.05) is 50.2 Å². The third-order valence-corrected chi connectivity index (χ3v) is 3.49. The quantitative estimate of drug-likeness (QED) is 0.609. The molecule has 0 spiro atoms. The highest BCUT2D eigenvalue weighted by Gasteiger charge is 2.11. The molecule has 2 aromatic rings. The van der Waals surface area contributed by atoms with Crippen molar-refractivity contribution in [2.75, 3.05) is 20.3 Å². The van der Waals surface area contributed by atoms with Gasteiger partial charge in [-0.25, -0.2) is 0 Å². The van der Waals surface area contributed by atoms with Crippen LogP contribution in [-0.4, -0.2) is 26.5 Å². The fraction of sp³-hybridized carbons (Fsp3) is 0.316. The van der Waals surface area contributed by atoms with E-state index in [1.165, 1.54) is 0 Å². The fourth-order valence-corrected chi connectivity index (χ4v) is 2.38. The summed E-state index contributed by atoms with van der Waals surface area (Å²) in [5.74, 6) is 2.00. The molecule has 5 heteroatoms. The molecule has 0 fully saturated rings. The van der Waals surface area contributed by atoms with Crippen LogP contribution >= 0.6 is 11.6 Å². The minimum Gasteiger partial charge on any atom is -0.494 e. The maximum atomic E-state index is 6.30. The van der Waals surface area contributed by atoms with Gasteiger partial charge in [-0.15, -0.1) is 0 Å². The van der Waals surface area contributed by atoms with E-state index in [0.29, 0.717) is 29.7 Å². The van der Waals surface area contributed by atoms with Gasteiger partial charge in [0, 0.05) is 6.21 Å². The van der Waals surface area contributed by atoms with E-state index in [1.54, 1.807) is 13.3 Å². The van der Waals surface area contributed by atoms with E-state index in [9.17, 15) is 0 Å². The number of ether oxygens (including phenoxy) is 3. The van der Waals surface area contributed by atoms with Crippen LogP contribution in [0.5, 0.6) is 17.2 Å². The Hall–Kier alpha value is -2.20. The van der Waals surface area contributed by atoms with Gasteiger partial charge in [-0.1, -0.05) is 18.5 Å². The number of aliphatic imine (C=N–C) groups is 1. The number of benzene rings is 2. The van der Waals surface area contributed by atoms with Crippen molar-refractivity contribution in [2.45, 2.75) is 20.3 Å². The molecule has 0 bridgehead atoms. The molecule has 0 unspecified atom stereocenters. The summed E-state index contributed by atoms with van der Waals surface area (Å²) in [4.78, 5) is 4.45. The van der Waals surface area contributed by atoms with Crippen LogP contribution in [0.25, 0.3) is 0 Å². The van der Waals surface area contributed by atoms with Crippen molar-refractivity contribution in [1.29, 1.82) is 0 Å². The largest absolute Gasteiger partial charge is 0.494 e. The van der Waals surface area contributed by atoms with Crippen molar-refractivity contribution in [3.05, 3.63) is 47.0 Å². The van der Waals surface area contributed by atoms with E-state index in [4.69, 9.17) is 25.8 Å². The van der Waals surface area contributed by atoms with Crippen molar-refractivity contribution in [3.8, 4) is 17.2 Å². The zero-order valence-corrected chi connectivity index (χ0v) is 15.0. The first-order valence-electron chi connectivity index (χ1n) is 7.95. The van der Waals surface area contributed by atoms with Gasteiger partial charge >= 0.3 is 0 Å². The SMILES string of the molecule is CCCOc1c(Cl)cc(C=Nc2ccc(OCC)cc2)cc1OC. The summed E-state index contributed by atoms with van der Waals surface area (Å²) in [6.07, 6.45) is 2.65. The second-order valence-electron chi connectivity index (χ2n) is 5.07. The summed E-state index contributed by atoms with van der Waals surface area (Å²) in [7, 11) is 1.60. The third-order valence-electron chi connectivity index (χ3n) is 3.21. The van der Waals surface area contributed by atoms with Crippen LogP contribution in [0, 0.1) is 0 Å². The molecule has 0 amide bonds. The summed E-state index contributed by atoms with van der Waals surface area (Å²) in [5, 5.41) is 0.510. The van der Waals surface area contributed by atoms with Gasteiger partial charge < -0.3 is 14.2 Å². The first kappa shape index (κ1) is 18.1. The summed E-state index contributed by atoms with van der Waals surface area (Å²) < 4.78 is 16.4. The topological polar surface area (TPSA) is 40.0 Å². The molecule has 0 saturated carbocycles. The normalized spacial score (nSPS) is 10.8. The van der Waals surface area contributed by atoms with Crippen molar-refractivity contribution in [3.63, 3.8) is 0 Å². The summed E-state index contributed by atoms with van der Waals surface area (Å²) in [6.45, 7) is 5.23. The summed E-state index contributed by atoms with van der Waals surface area (Å²) in [6, 6.07) is 11.3. The molecule has 0 aliphatic carbocycles. The van der Waals surface area contributed by atoms with Crippen LogP contribution in [0.2, 0.25) is 5.02 Å². The number of methoxy groups -OCH3 is 1. The Bertz CT molecular complexity index is 684. The van der Waals surface area contributed by atoms with Gasteiger partial charge in [-0.3, -0.25) is 4.99 Å². The first-order chi connectivity index (χ1) is 11.7. The van der Waals surface area contributed by atoms with E-state index in [0.717, 1.165) is 23.4 Å². The lowest BCUT2D eigenvalue weighted by molar-refractivity contribution is 0.294. The third kappa shape index (κ3) is 4.90. The molecule has 2 aromatic carbocycles. The smallest absolute Gasteiger partial charge is 0.179 e.